The van der Waals surface area contributed by atoms with Gasteiger partial charge in [0.05, 0.1) is 17.4 Å². The smallest absolute Gasteiger partial charge is 0.212 e. The largest absolute Gasteiger partial charge is 0.481 e. The normalized spacial score (nSPS) is 21.0. The van der Waals surface area contributed by atoms with Crippen molar-refractivity contribution in [3.63, 3.8) is 0 Å². The molecule has 35 heavy (non-hydrogen) atoms. The Morgan fingerprint density at radius 3 is 2.46 bits per heavy atom. The molecule has 3 heterocycles. The van der Waals surface area contributed by atoms with Gasteiger partial charge in [0.1, 0.15) is 5.82 Å². The number of rotatable bonds is 11. The number of aromatic nitrogens is 2. The molecule has 4 atom stereocenters. The number of ether oxygens (including phenoxy) is 1. The Labute approximate surface area is 217 Å². The molecule has 2 aromatic rings. The highest BCUT2D eigenvalue weighted by molar-refractivity contribution is 8.00. The third-order valence-corrected chi connectivity index (χ3v) is 9.89. The van der Waals surface area contributed by atoms with E-state index in [-0.39, 0.29) is 0 Å². The van der Waals surface area contributed by atoms with Gasteiger partial charge in [-0.3, -0.25) is 0 Å². The first-order valence-electron chi connectivity index (χ1n) is 14.0. The van der Waals surface area contributed by atoms with Crippen LogP contribution in [0.5, 0.6) is 5.88 Å². The summed E-state index contributed by atoms with van der Waals surface area (Å²) in [5, 5.41) is 4.12. The summed E-state index contributed by atoms with van der Waals surface area (Å²) < 4.78 is 5.19. The van der Waals surface area contributed by atoms with Crippen LogP contribution in [0.4, 0.5) is 5.82 Å². The second-order valence-electron chi connectivity index (χ2n) is 10.9. The van der Waals surface area contributed by atoms with Crippen LogP contribution in [0.25, 0.3) is 11.1 Å². The van der Waals surface area contributed by atoms with Gasteiger partial charge in [-0.2, -0.15) is 0 Å². The van der Waals surface area contributed by atoms with Crippen molar-refractivity contribution in [2.75, 3.05) is 12.4 Å². The molecule has 2 aliphatic rings. The van der Waals surface area contributed by atoms with Crippen LogP contribution in [0.3, 0.4) is 0 Å². The molecule has 0 saturated heterocycles. The van der Waals surface area contributed by atoms with Crippen molar-refractivity contribution in [3.8, 4) is 17.0 Å². The number of methoxy groups -OCH3 is 1. The Balaban J connectivity index is 1.34. The van der Waals surface area contributed by atoms with Crippen molar-refractivity contribution in [2.45, 2.75) is 102 Å². The third-order valence-electron chi connectivity index (χ3n) is 8.49. The number of fused-ring (bicyclic) bond motifs is 1. The van der Waals surface area contributed by atoms with Crippen molar-refractivity contribution in [3.05, 3.63) is 30.6 Å². The number of unbranched alkanes of at least 4 members (excludes halogenated alkanes) is 1. The summed E-state index contributed by atoms with van der Waals surface area (Å²) >= 11 is 1.95. The van der Waals surface area contributed by atoms with Gasteiger partial charge in [0, 0.05) is 29.6 Å². The average molecular weight is 496 g/mol. The molecule has 1 saturated carbocycles. The Morgan fingerprint density at radius 1 is 1.00 bits per heavy atom. The number of anilines is 1. The van der Waals surface area contributed by atoms with Crippen LogP contribution in [0.15, 0.2) is 35.5 Å². The summed E-state index contributed by atoms with van der Waals surface area (Å²) in [6.07, 6.45) is 19.3. The van der Waals surface area contributed by atoms with Gasteiger partial charge >= 0.3 is 0 Å². The second-order valence-corrected chi connectivity index (χ2v) is 12.1. The van der Waals surface area contributed by atoms with Gasteiger partial charge in [0.25, 0.3) is 0 Å². The quantitative estimate of drug-likeness (QED) is 0.315. The molecule has 0 spiro atoms. The lowest BCUT2D eigenvalue weighted by Gasteiger charge is -2.32. The van der Waals surface area contributed by atoms with E-state index >= 15 is 0 Å². The molecule has 1 fully saturated rings. The highest BCUT2D eigenvalue weighted by Gasteiger charge is 2.30. The van der Waals surface area contributed by atoms with E-state index in [4.69, 9.17) is 9.72 Å². The molecular weight excluding hydrogens is 450 g/mol. The van der Waals surface area contributed by atoms with E-state index in [1.54, 1.807) is 7.11 Å². The zero-order chi connectivity index (χ0) is 24.6. The van der Waals surface area contributed by atoms with E-state index in [9.17, 15) is 0 Å². The van der Waals surface area contributed by atoms with Gasteiger partial charge in [-0.05, 0) is 48.6 Å². The van der Waals surface area contributed by atoms with Crippen LogP contribution in [0.2, 0.25) is 0 Å². The number of nitrogens with zero attached hydrogens (tertiary/aromatic N) is 2. The van der Waals surface area contributed by atoms with Crippen LogP contribution in [0, 0.1) is 23.7 Å². The van der Waals surface area contributed by atoms with Gasteiger partial charge in [-0.1, -0.05) is 90.3 Å². The first kappa shape index (κ1) is 26.3. The van der Waals surface area contributed by atoms with Gasteiger partial charge < -0.3 is 10.1 Å². The van der Waals surface area contributed by atoms with Crippen molar-refractivity contribution in [1.29, 1.82) is 0 Å². The Bertz CT molecular complexity index is 910. The molecule has 0 aromatic carbocycles. The van der Waals surface area contributed by atoms with E-state index in [0.29, 0.717) is 17.2 Å². The maximum absolute atomic E-state index is 5.19. The van der Waals surface area contributed by atoms with Gasteiger partial charge in [-0.25, -0.2) is 9.97 Å². The number of pyridine rings is 2. The molecule has 0 radical (unpaired) electrons. The molecule has 192 valence electrons. The Kier molecular flexibility index (Phi) is 9.76. The van der Waals surface area contributed by atoms with Crippen molar-refractivity contribution in [1.82, 2.24) is 9.97 Å². The Morgan fingerprint density at radius 2 is 1.77 bits per heavy atom. The lowest BCUT2D eigenvalue weighted by Crippen LogP contribution is -2.24. The van der Waals surface area contributed by atoms with E-state index in [0.717, 1.165) is 34.7 Å². The molecular formula is C30H45N3OS. The molecule has 0 bridgehead atoms. The monoisotopic (exact) mass is 495 g/mol. The standard InChI is InChI=1S/C30H45N3OS/c1-5-6-11-24(22(3)23-12-9-7-8-10-13-23)15-14-21(2)30-33-29-27(35-30)18-26(20-32-29)25-16-17-28(34-4)31-19-25/h16-24,30H,5-15H2,1-4H3,(H,32,33). The molecule has 4 rings (SSSR count). The van der Waals surface area contributed by atoms with E-state index in [1.807, 2.05) is 36.3 Å². The molecule has 0 amide bonds. The summed E-state index contributed by atoms with van der Waals surface area (Å²) in [6.45, 7) is 7.35. The number of hydrogen-bond acceptors (Lipinski definition) is 5. The van der Waals surface area contributed by atoms with Crippen molar-refractivity contribution in [2.24, 2.45) is 23.7 Å². The number of nitrogens with one attached hydrogen (secondary N) is 1. The predicted octanol–water partition coefficient (Wildman–Crippen LogP) is 8.83. The van der Waals surface area contributed by atoms with Crippen LogP contribution < -0.4 is 10.1 Å². The SMILES string of the molecule is CCCCC(CCC(C)C1Nc2ncc(-c3ccc(OC)nc3)cc2S1)C(C)C1CCCCCC1. The molecule has 1 aliphatic heterocycles. The lowest BCUT2D eigenvalue weighted by atomic mass is 9.74. The maximum atomic E-state index is 5.19. The molecule has 4 nitrogen and oxygen atoms in total. The highest BCUT2D eigenvalue weighted by Crippen LogP contribution is 2.44. The summed E-state index contributed by atoms with van der Waals surface area (Å²) in [4.78, 5) is 10.4. The zero-order valence-corrected chi connectivity index (χ0v) is 23.1. The van der Waals surface area contributed by atoms with E-state index in [2.05, 4.69) is 37.1 Å². The minimum absolute atomic E-state index is 0.404. The molecule has 4 unspecified atom stereocenters. The summed E-state index contributed by atoms with van der Waals surface area (Å²) in [7, 11) is 1.65. The van der Waals surface area contributed by atoms with Crippen LogP contribution in [-0.4, -0.2) is 22.5 Å². The Hall–Kier alpha value is -1.75. The first-order valence-corrected chi connectivity index (χ1v) is 14.9. The number of thioether (sulfide) groups is 1. The number of hydrogen-bond donors (Lipinski definition) is 1. The van der Waals surface area contributed by atoms with Crippen LogP contribution in [0.1, 0.15) is 91.4 Å². The van der Waals surface area contributed by atoms with E-state index < -0.39 is 0 Å². The third kappa shape index (κ3) is 6.93. The van der Waals surface area contributed by atoms with Crippen LogP contribution in [-0.2, 0) is 0 Å². The average Bonchev–Trinajstić information content (AvgIpc) is 3.13. The summed E-state index contributed by atoms with van der Waals surface area (Å²) in [5.41, 5.74) is 2.18. The van der Waals surface area contributed by atoms with Gasteiger partial charge in [0.15, 0.2) is 0 Å². The molecule has 5 heteroatoms. The summed E-state index contributed by atoms with van der Waals surface area (Å²) in [5.74, 6) is 4.99. The van der Waals surface area contributed by atoms with Crippen molar-refractivity contribution >= 4 is 17.6 Å². The minimum Gasteiger partial charge on any atom is -0.481 e. The predicted molar refractivity (Wildman–Crippen MR) is 149 cm³/mol. The van der Waals surface area contributed by atoms with Gasteiger partial charge in [-0.15, -0.1) is 0 Å². The fourth-order valence-corrected chi connectivity index (χ4v) is 7.25. The summed E-state index contributed by atoms with van der Waals surface area (Å²) in [6, 6.07) is 6.21. The van der Waals surface area contributed by atoms with Crippen molar-refractivity contribution < 1.29 is 4.74 Å². The highest BCUT2D eigenvalue weighted by atomic mass is 32.2. The minimum atomic E-state index is 0.404. The topological polar surface area (TPSA) is 47.0 Å². The second kappa shape index (κ2) is 13.0. The molecule has 1 aliphatic carbocycles. The van der Waals surface area contributed by atoms with Gasteiger partial charge in [0.2, 0.25) is 5.88 Å². The fraction of sp³-hybridized carbons (Fsp3) is 0.667. The van der Waals surface area contributed by atoms with Crippen LogP contribution >= 0.6 is 11.8 Å². The zero-order valence-electron chi connectivity index (χ0n) is 22.3. The molecule has 2 aromatic heterocycles. The fourth-order valence-electron chi connectivity index (χ4n) is 6.02. The lowest BCUT2D eigenvalue weighted by molar-refractivity contribution is 0.192. The van der Waals surface area contributed by atoms with E-state index in [1.165, 1.54) is 75.5 Å². The first-order chi connectivity index (χ1) is 17.1. The molecule has 1 N–H and O–H groups in total. The maximum Gasteiger partial charge on any atom is 0.212 e.